The lowest BCUT2D eigenvalue weighted by Crippen LogP contribution is -2.33. The topological polar surface area (TPSA) is 12.4 Å². The lowest BCUT2D eigenvalue weighted by Gasteiger charge is -2.33. The average Bonchev–Trinajstić information content (AvgIpc) is 2.37. The van der Waals surface area contributed by atoms with Gasteiger partial charge in [0.25, 0.3) is 0 Å². The van der Waals surface area contributed by atoms with Gasteiger partial charge in [-0.15, -0.1) is 11.8 Å². The lowest BCUT2D eigenvalue weighted by molar-refractivity contribution is 0.393. The Morgan fingerprint density at radius 3 is 2.56 bits per heavy atom. The molecule has 0 radical (unpaired) electrons. The summed E-state index contributed by atoms with van der Waals surface area (Å²) in [4.78, 5) is 4.99. The number of thioether (sulfide) groups is 1. The van der Waals surface area contributed by atoms with Crippen molar-refractivity contribution in [3.8, 4) is 0 Å². The highest BCUT2D eigenvalue weighted by Gasteiger charge is 2.31. The van der Waals surface area contributed by atoms with E-state index in [1.54, 1.807) is 11.8 Å². The standard InChI is InChI=1S/C14H19NS/c1-4-14(5-2)10-11-8-6-7-9-12(11)13(15-14)16-3/h6-9H,4-5,10H2,1-3H3. The molecule has 2 heteroatoms. The van der Waals surface area contributed by atoms with E-state index in [1.807, 2.05) is 0 Å². The van der Waals surface area contributed by atoms with Gasteiger partial charge in [-0.25, -0.2) is 0 Å². The quantitative estimate of drug-likeness (QED) is 0.754. The summed E-state index contributed by atoms with van der Waals surface area (Å²) in [5.74, 6) is 0. The zero-order valence-corrected chi connectivity index (χ0v) is 11.1. The fourth-order valence-corrected chi connectivity index (χ4v) is 3.07. The van der Waals surface area contributed by atoms with Crippen molar-refractivity contribution >= 4 is 16.8 Å². The molecule has 0 amide bonds. The molecule has 0 bridgehead atoms. The summed E-state index contributed by atoms with van der Waals surface area (Å²) in [5, 5.41) is 1.21. The molecule has 2 rings (SSSR count). The Balaban J connectivity index is 2.50. The molecule has 0 saturated carbocycles. The molecule has 1 aliphatic rings. The number of nitrogens with zero attached hydrogens (tertiary/aromatic N) is 1. The fraction of sp³-hybridized carbons (Fsp3) is 0.500. The first kappa shape index (κ1) is 11.7. The molecule has 0 saturated heterocycles. The molecular formula is C14H19NS. The monoisotopic (exact) mass is 233 g/mol. The van der Waals surface area contributed by atoms with Crippen molar-refractivity contribution in [1.29, 1.82) is 0 Å². The zero-order valence-electron chi connectivity index (χ0n) is 10.3. The maximum absolute atomic E-state index is 4.99. The van der Waals surface area contributed by atoms with Crippen LogP contribution in [0.25, 0.3) is 0 Å². The van der Waals surface area contributed by atoms with E-state index in [1.165, 1.54) is 16.2 Å². The third kappa shape index (κ3) is 1.91. The van der Waals surface area contributed by atoms with E-state index < -0.39 is 0 Å². The van der Waals surface area contributed by atoms with Gasteiger partial charge in [-0.2, -0.15) is 0 Å². The maximum Gasteiger partial charge on any atom is 0.0983 e. The third-order valence-corrected chi connectivity index (χ3v) is 4.31. The van der Waals surface area contributed by atoms with Gasteiger partial charge in [0.2, 0.25) is 0 Å². The molecule has 0 N–H and O–H groups in total. The Labute approximate surface area is 102 Å². The van der Waals surface area contributed by atoms with Crippen LogP contribution in [0.15, 0.2) is 29.3 Å². The second-order valence-electron chi connectivity index (χ2n) is 4.39. The van der Waals surface area contributed by atoms with Crippen LogP contribution >= 0.6 is 11.8 Å². The minimum Gasteiger partial charge on any atom is -0.271 e. The minimum atomic E-state index is 0.146. The molecule has 1 aromatic rings. The summed E-state index contributed by atoms with van der Waals surface area (Å²) >= 11 is 1.77. The van der Waals surface area contributed by atoms with Gasteiger partial charge >= 0.3 is 0 Å². The van der Waals surface area contributed by atoms with Gasteiger partial charge in [-0.3, -0.25) is 4.99 Å². The van der Waals surface area contributed by atoms with Crippen LogP contribution in [0.5, 0.6) is 0 Å². The van der Waals surface area contributed by atoms with E-state index in [2.05, 4.69) is 44.4 Å². The highest BCUT2D eigenvalue weighted by Crippen LogP contribution is 2.34. The second-order valence-corrected chi connectivity index (χ2v) is 5.18. The van der Waals surface area contributed by atoms with Crippen LogP contribution in [-0.2, 0) is 6.42 Å². The molecule has 0 spiro atoms. The van der Waals surface area contributed by atoms with E-state index >= 15 is 0 Å². The largest absolute Gasteiger partial charge is 0.271 e. The summed E-state index contributed by atoms with van der Waals surface area (Å²) in [6, 6.07) is 8.69. The summed E-state index contributed by atoms with van der Waals surface area (Å²) in [7, 11) is 0. The fourth-order valence-electron chi connectivity index (χ4n) is 2.37. The predicted octanol–water partition coefficient (Wildman–Crippen LogP) is 3.91. The third-order valence-electron chi connectivity index (χ3n) is 3.62. The van der Waals surface area contributed by atoms with Crippen molar-refractivity contribution in [2.24, 2.45) is 4.99 Å². The highest BCUT2D eigenvalue weighted by molar-refractivity contribution is 8.13. The van der Waals surface area contributed by atoms with Gasteiger partial charge in [0, 0.05) is 5.56 Å². The van der Waals surface area contributed by atoms with E-state index in [0.717, 1.165) is 19.3 Å². The SMILES string of the molecule is CCC1(CC)Cc2ccccc2C(SC)=N1. The maximum atomic E-state index is 4.99. The van der Waals surface area contributed by atoms with Crippen LogP contribution in [0, 0.1) is 0 Å². The number of aliphatic imine (C=N–C) groups is 1. The van der Waals surface area contributed by atoms with Crippen molar-refractivity contribution < 1.29 is 0 Å². The molecule has 0 aromatic heterocycles. The van der Waals surface area contributed by atoms with Gasteiger partial charge in [-0.1, -0.05) is 38.1 Å². The first-order valence-corrected chi connectivity index (χ1v) is 7.19. The highest BCUT2D eigenvalue weighted by atomic mass is 32.2. The molecule has 1 aromatic carbocycles. The molecule has 1 nitrogen and oxygen atoms in total. The van der Waals surface area contributed by atoms with Gasteiger partial charge < -0.3 is 0 Å². The van der Waals surface area contributed by atoms with Crippen LogP contribution in [0.3, 0.4) is 0 Å². The Kier molecular flexibility index (Phi) is 3.38. The van der Waals surface area contributed by atoms with Gasteiger partial charge in [0.05, 0.1) is 10.6 Å². The summed E-state index contributed by atoms with van der Waals surface area (Å²) in [5.41, 5.74) is 2.95. The Hall–Kier alpha value is -0.760. The van der Waals surface area contributed by atoms with Crippen molar-refractivity contribution in [2.45, 2.75) is 38.6 Å². The number of hydrogen-bond acceptors (Lipinski definition) is 2. The van der Waals surface area contributed by atoms with Gasteiger partial charge in [0.1, 0.15) is 0 Å². The summed E-state index contributed by atoms with van der Waals surface area (Å²) < 4.78 is 0. The van der Waals surface area contributed by atoms with Crippen molar-refractivity contribution in [3.05, 3.63) is 35.4 Å². The number of benzene rings is 1. The molecule has 0 unspecified atom stereocenters. The van der Waals surface area contributed by atoms with Crippen LogP contribution in [0.2, 0.25) is 0 Å². The Morgan fingerprint density at radius 1 is 1.25 bits per heavy atom. The Bertz CT molecular complexity index is 405. The van der Waals surface area contributed by atoms with Gasteiger partial charge in [-0.05, 0) is 31.1 Å². The van der Waals surface area contributed by atoms with E-state index in [0.29, 0.717) is 0 Å². The lowest BCUT2D eigenvalue weighted by atomic mass is 9.83. The van der Waals surface area contributed by atoms with E-state index in [9.17, 15) is 0 Å². The zero-order chi connectivity index (χ0) is 11.6. The normalized spacial score (nSPS) is 17.8. The summed E-state index contributed by atoms with van der Waals surface area (Å²) in [6.45, 7) is 4.50. The van der Waals surface area contributed by atoms with Crippen LogP contribution in [0.4, 0.5) is 0 Å². The van der Waals surface area contributed by atoms with Crippen molar-refractivity contribution in [1.82, 2.24) is 0 Å². The molecule has 86 valence electrons. The molecular weight excluding hydrogens is 214 g/mol. The molecule has 16 heavy (non-hydrogen) atoms. The second kappa shape index (κ2) is 4.62. The predicted molar refractivity (Wildman–Crippen MR) is 73.5 cm³/mol. The van der Waals surface area contributed by atoms with E-state index in [4.69, 9.17) is 4.99 Å². The first-order valence-electron chi connectivity index (χ1n) is 5.97. The molecule has 0 fully saturated rings. The smallest absolute Gasteiger partial charge is 0.0983 e. The number of hydrogen-bond donors (Lipinski definition) is 0. The van der Waals surface area contributed by atoms with Crippen LogP contribution < -0.4 is 0 Å². The van der Waals surface area contributed by atoms with E-state index in [-0.39, 0.29) is 5.54 Å². The molecule has 1 aliphatic heterocycles. The average molecular weight is 233 g/mol. The van der Waals surface area contributed by atoms with Gasteiger partial charge in [0.15, 0.2) is 0 Å². The first-order chi connectivity index (χ1) is 7.74. The van der Waals surface area contributed by atoms with Crippen LogP contribution in [0.1, 0.15) is 37.8 Å². The van der Waals surface area contributed by atoms with Crippen molar-refractivity contribution in [2.75, 3.05) is 6.26 Å². The molecule has 0 aliphatic carbocycles. The minimum absolute atomic E-state index is 0.146. The number of rotatable bonds is 2. The van der Waals surface area contributed by atoms with Crippen LogP contribution in [-0.4, -0.2) is 16.8 Å². The van der Waals surface area contributed by atoms with Crippen molar-refractivity contribution in [3.63, 3.8) is 0 Å². The number of fused-ring (bicyclic) bond motifs is 1. The molecule has 1 heterocycles. The summed E-state index contributed by atoms with van der Waals surface area (Å²) in [6.07, 6.45) is 5.47. The molecule has 0 atom stereocenters. The Morgan fingerprint density at radius 2 is 1.94 bits per heavy atom.